The third kappa shape index (κ3) is 6.26. The molecule has 36 heavy (non-hydrogen) atoms. The monoisotopic (exact) mass is 576 g/mol. The minimum atomic E-state index is -1.91. The molecule has 0 aliphatic rings. The third-order valence-electron chi connectivity index (χ3n) is 7.44. The molecule has 0 N–H and O–H groups in total. The lowest BCUT2D eigenvalue weighted by molar-refractivity contribution is -0.00000802. The molecular weight excluding hydrogens is 539 g/mol. The average molecular weight is 578 g/mol. The van der Waals surface area contributed by atoms with Gasteiger partial charge in [0.2, 0.25) is 0 Å². The smallest absolute Gasteiger partial charge is 0.192 e. The van der Waals surface area contributed by atoms with Crippen molar-refractivity contribution in [1.82, 2.24) is 0 Å². The summed E-state index contributed by atoms with van der Waals surface area (Å²) < 4.78 is 6.52. The van der Waals surface area contributed by atoms with E-state index in [4.69, 9.17) is 4.43 Å². The summed E-state index contributed by atoms with van der Waals surface area (Å²) >= 11 is 0. The number of halogens is 1. The van der Waals surface area contributed by atoms with Crippen LogP contribution in [-0.4, -0.2) is 8.32 Å². The highest BCUT2D eigenvalue weighted by Gasteiger charge is 2.45. The normalized spacial score (nSPS) is 12.1. The zero-order valence-corrected chi connectivity index (χ0v) is 25.6. The van der Waals surface area contributed by atoms with Crippen LogP contribution in [-0.2, 0) is 17.2 Å². The van der Waals surface area contributed by atoms with Crippen LogP contribution in [0.2, 0.25) is 18.1 Å². The molecule has 188 valence electrons. The minimum absolute atomic E-state index is 0. The van der Waals surface area contributed by atoms with Crippen molar-refractivity contribution in [2.24, 2.45) is 0 Å². The second-order valence-corrected chi connectivity index (χ2v) is 19.1. The molecule has 0 radical (unpaired) electrons. The molecule has 0 aliphatic carbocycles. The van der Waals surface area contributed by atoms with E-state index in [-0.39, 0.29) is 22.0 Å². The summed E-state index contributed by atoms with van der Waals surface area (Å²) in [7, 11) is -3.69. The molecule has 0 saturated carbocycles. The number of hydrogen-bond donors (Lipinski definition) is 0. The second kappa shape index (κ2) is 12.0. The summed E-state index contributed by atoms with van der Waals surface area (Å²) in [6.45, 7) is 12.2. The highest BCUT2D eigenvalue weighted by molar-refractivity contribution is 7.95. The Balaban J connectivity index is 0.00000361. The fraction of sp³-hybridized carbons (Fsp3) is 0.250. The first-order valence-electron chi connectivity index (χ1n) is 12.5. The van der Waals surface area contributed by atoms with Crippen LogP contribution in [0.25, 0.3) is 0 Å². The SMILES string of the molecule is CC(C)(C)[Si](C)(C)OCc1ccc([P+](Cc2ccccc2)(c2ccccc2)c2ccccc2)cc1.[Br-]. The summed E-state index contributed by atoms with van der Waals surface area (Å²) in [6.07, 6.45) is 1.00. The maximum absolute atomic E-state index is 6.52. The van der Waals surface area contributed by atoms with Crippen LogP contribution in [0.3, 0.4) is 0 Å². The van der Waals surface area contributed by atoms with Gasteiger partial charge < -0.3 is 21.4 Å². The Morgan fingerprint density at radius 3 is 1.44 bits per heavy atom. The summed E-state index contributed by atoms with van der Waals surface area (Å²) in [5.41, 5.74) is 2.62. The van der Waals surface area contributed by atoms with E-state index in [1.165, 1.54) is 27.0 Å². The van der Waals surface area contributed by atoms with Gasteiger partial charge in [0.25, 0.3) is 0 Å². The molecule has 0 fully saturated rings. The second-order valence-electron chi connectivity index (χ2n) is 10.8. The molecule has 0 aliphatic heterocycles. The van der Waals surface area contributed by atoms with Crippen molar-refractivity contribution in [3.8, 4) is 0 Å². The molecule has 0 unspecified atom stereocenters. The summed E-state index contributed by atoms with van der Waals surface area (Å²) in [5.74, 6) is 0. The van der Waals surface area contributed by atoms with Crippen molar-refractivity contribution in [2.75, 3.05) is 0 Å². The Kier molecular flexibility index (Phi) is 9.52. The lowest BCUT2D eigenvalue weighted by Crippen LogP contribution is -3.00. The molecule has 1 nitrogen and oxygen atoms in total. The van der Waals surface area contributed by atoms with Gasteiger partial charge in [-0.3, -0.25) is 0 Å². The van der Waals surface area contributed by atoms with Gasteiger partial charge in [-0.15, -0.1) is 0 Å². The summed E-state index contributed by atoms with van der Waals surface area (Å²) in [5, 5.41) is 4.46. The fourth-order valence-corrected chi connectivity index (χ4v) is 9.45. The Labute approximate surface area is 230 Å². The van der Waals surface area contributed by atoms with Crippen LogP contribution >= 0.6 is 7.26 Å². The molecule has 0 atom stereocenters. The molecule has 4 aromatic rings. The first kappa shape index (κ1) is 28.5. The molecule has 0 spiro atoms. The van der Waals surface area contributed by atoms with Crippen LogP contribution in [0.15, 0.2) is 115 Å². The van der Waals surface area contributed by atoms with Gasteiger partial charge in [-0.1, -0.05) is 99.6 Å². The number of benzene rings is 4. The van der Waals surface area contributed by atoms with Crippen molar-refractivity contribution in [3.63, 3.8) is 0 Å². The zero-order chi connectivity index (χ0) is 24.9. The quantitative estimate of drug-likeness (QED) is 0.218. The first-order valence-corrected chi connectivity index (χ1v) is 17.4. The van der Waals surface area contributed by atoms with Gasteiger partial charge in [0.1, 0.15) is 23.2 Å². The highest BCUT2D eigenvalue weighted by atomic mass is 79.9. The van der Waals surface area contributed by atoms with Gasteiger partial charge in [-0.05, 0) is 65.7 Å². The zero-order valence-electron chi connectivity index (χ0n) is 22.1. The number of rotatable bonds is 8. The van der Waals surface area contributed by atoms with Gasteiger partial charge in [-0.2, -0.15) is 0 Å². The highest BCUT2D eigenvalue weighted by Crippen LogP contribution is 2.58. The van der Waals surface area contributed by atoms with Crippen molar-refractivity contribution in [1.29, 1.82) is 0 Å². The van der Waals surface area contributed by atoms with Crippen LogP contribution in [0.5, 0.6) is 0 Å². The van der Waals surface area contributed by atoms with Crippen molar-refractivity contribution < 1.29 is 21.4 Å². The van der Waals surface area contributed by atoms with Gasteiger partial charge in [-0.25, -0.2) is 0 Å². The predicted octanol–water partition coefficient (Wildman–Crippen LogP) is 4.71. The van der Waals surface area contributed by atoms with Crippen LogP contribution in [0.1, 0.15) is 31.9 Å². The van der Waals surface area contributed by atoms with Crippen molar-refractivity contribution in [2.45, 2.75) is 51.7 Å². The van der Waals surface area contributed by atoms with Crippen LogP contribution in [0, 0.1) is 0 Å². The van der Waals surface area contributed by atoms with Crippen LogP contribution in [0.4, 0.5) is 0 Å². The fourth-order valence-electron chi connectivity index (χ4n) is 4.27. The lowest BCUT2D eigenvalue weighted by Gasteiger charge is -2.36. The van der Waals surface area contributed by atoms with E-state index in [0.717, 1.165) is 6.16 Å². The van der Waals surface area contributed by atoms with E-state index in [0.29, 0.717) is 6.61 Å². The first-order chi connectivity index (χ1) is 16.7. The Bertz CT molecular complexity index is 1160. The molecule has 4 rings (SSSR count). The average Bonchev–Trinajstić information content (AvgIpc) is 2.87. The maximum atomic E-state index is 6.52. The Hall–Kier alpha value is -2.03. The van der Waals surface area contributed by atoms with Gasteiger partial charge in [0.15, 0.2) is 8.32 Å². The van der Waals surface area contributed by atoms with E-state index in [1.54, 1.807) is 0 Å². The number of hydrogen-bond acceptors (Lipinski definition) is 1. The molecule has 4 heteroatoms. The van der Waals surface area contributed by atoms with E-state index in [9.17, 15) is 0 Å². The van der Waals surface area contributed by atoms with Crippen molar-refractivity contribution >= 4 is 31.5 Å². The summed E-state index contributed by atoms with van der Waals surface area (Å²) in [4.78, 5) is 0. The summed E-state index contributed by atoms with van der Waals surface area (Å²) in [6, 6.07) is 42.5. The Morgan fingerprint density at radius 2 is 1.00 bits per heavy atom. The Morgan fingerprint density at radius 1 is 0.583 bits per heavy atom. The van der Waals surface area contributed by atoms with Gasteiger partial charge in [0, 0.05) is 0 Å². The molecule has 0 bridgehead atoms. The van der Waals surface area contributed by atoms with Crippen LogP contribution < -0.4 is 32.9 Å². The van der Waals surface area contributed by atoms with E-state index in [2.05, 4.69) is 149 Å². The maximum Gasteiger partial charge on any atom is 0.192 e. The van der Waals surface area contributed by atoms with Gasteiger partial charge in [0.05, 0.1) is 12.8 Å². The lowest BCUT2D eigenvalue weighted by atomic mass is 10.2. The van der Waals surface area contributed by atoms with E-state index in [1.807, 2.05) is 0 Å². The predicted molar refractivity (Wildman–Crippen MR) is 157 cm³/mol. The minimum Gasteiger partial charge on any atom is -1.00 e. The molecule has 4 aromatic carbocycles. The van der Waals surface area contributed by atoms with Crippen molar-refractivity contribution in [3.05, 3.63) is 126 Å². The van der Waals surface area contributed by atoms with E-state index < -0.39 is 15.6 Å². The molecule has 0 amide bonds. The van der Waals surface area contributed by atoms with Gasteiger partial charge >= 0.3 is 0 Å². The third-order valence-corrected chi connectivity index (χ3v) is 16.3. The topological polar surface area (TPSA) is 9.23 Å². The molecule has 0 heterocycles. The largest absolute Gasteiger partial charge is 1.00 e. The molecule has 0 aromatic heterocycles. The van der Waals surface area contributed by atoms with E-state index >= 15 is 0 Å². The molecular formula is C32H38BrOPSi. The standard InChI is InChI=1S/C32H38OPSi.BrH/c1-32(2,3)35(4,5)33-25-27-21-23-31(24-22-27)34(29-17-11-7-12-18-29,30-19-13-8-14-20-30)26-28-15-9-6-10-16-28;/h6-24H,25-26H2,1-5H3;1H/q+1;/p-1. The molecule has 0 saturated heterocycles.